The fourth-order valence-corrected chi connectivity index (χ4v) is 2.25. The van der Waals surface area contributed by atoms with Crippen LogP contribution < -0.4 is 5.32 Å². The molecular weight excluding hydrogens is 244 g/mol. The van der Waals surface area contributed by atoms with Crippen LogP contribution in [0.15, 0.2) is 24.3 Å². The number of rotatable bonds is 6. The van der Waals surface area contributed by atoms with Crippen LogP contribution in [-0.2, 0) is 0 Å². The predicted molar refractivity (Wildman–Crippen MR) is 72.9 cm³/mol. The van der Waals surface area contributed by atoms with E-state index in [9.17, 15) is 15.2 Å². The molecular formula is C14H20N2O3. The number of nitrogens with zero attached hydrogens (tertiary/aromatic N) is 1. The summed E-state index contributed by atoms with van der Waals surface area (Å²) in [6.45, 7) is 4.75. The summed E-state index contributed by atoms with van der Waals surface area (Å²) in [6, 6.07) is 6.05. The second-order valence-corrected chi connectivity index (χ2v) is 5.74. The molecule has 104 valence electrons. The van der Waals surface area contributed by atoms with Gasteiger partial charge in [-0.3, -0.25) is 10.1 Å². The molecule has 0 aromatic heterocycles. The van der Waals surface area contributed by atoms with Crippen LogP contribution >= 0.6 is 0 Å². The van der Waals surface area contributed by atoms with Crippen LogP contribution in [0.2, 0.25) is 0 Å². The maximum absolute atomic E-state index is 10.6. The van der Waals surface area contributed by atoms with E-state index in [2.05, 4.69) is 19.2 Å². The standard InChI is InChI=1S/C14H20N2O3/c1-14(2,11-5-6-11)15-9-13(17)10-3-7-12(8-4-10)16(18)19/h3-4,7-8,11,13,15,17H,5-6,9H2,1-2H3. The Bertz CT molecular complexity index is 452. The Morgan fingerprint density at radius 2 is 2.00 bits per heavy atom. The van der Waals surface area contributed by atoms with E-state index in [0.29, 0.717) is 18.0 Å². The Kier molecular flexibility index (Phi) is 3.87. The monoisotopic (exact) mass is 264 g/mol. The SMILES string of the molecule is CC(C)(NCC(O)c1ccc([N+](=O)[O-])cc1)C1CC1. The Hall–Kier alpha value is -1.46. The number of β-amino-alcohol motifs (C(OH)–C–C–N with tert-alkyl or cyclic N) is 1. The number of nitro benzene ring substituents is 1. The molecule has 2 N–H and O–H groups in total. The molecule has 0 saturated heterocycles. The molecule has 0 aliphatic heterocycles. The van der Waals surface area contributed by atoms with Crippen LogP contribution in [0.1, 0.15) is 38.4 Å². The average molecular weight is 264 g/mol. The molecule has 2 rings (SSSR count). The minimum atomic E-state index is -0.640. The van der Waals surface area contributed by atoms with E-state index in [1.54, 1.807) is 12.1 Å². The largest absolute Gasteiger partial charge is 0.387 e. The second kappa shape index (κ2) is 5.27. The van der Waals surface area contributed by atoms with E-state index in [1.165, 1.54) is 25.0 Å². The van der Waals surface area contributed by atoms with Crippen molar-refractivity contribution >= 4 is 5.69 Å². The first-order valence-corrected chi connectivity index (χ1v) is 6.57. The number of hydrogen-bond donors (Lipinski definition) is 2. The fourth-order valence-electron chi connectivity index (χ4n) is 2.25. The van der Waals surface area contributed by atoms with Crippen molar-refractivity contribution in [1.29, 1.82) is 0 Å². The van der Waals surface area contributed by atoms with Crippen molar-refractivity contribution < 1.29 is 10.0 Å². The number of non-ortho nitro benzene ring substituents is 1. The summed E-state index contributed by atoms with van der Waals surface area (Å²) in [5.41, 5.74) is 0.786. The van der Waals surface area contributed by atoms with Crippen LogP contribution in [0, 0.1) is 16.0 Å². The number of nitro groups is 1. The first kappa shape index (κ1) is 14.0. The summed E-state index contributed by atoms with van der Waals surface area (Å²) < 4.78 is 0. The number of hydrogen-bond acceptors (Lipinski definition) is 4. The quantitative estimate of drug-likeness (QED) is 0.611. The molecule has 1 aliphatic rings. The van der Waals surface area contributed by atoms with Crippen molar-refractivity contribution in [3.63, 3.8) is 0 Å². The maximum atomic E-state index is 10.6. The van der Waals surface area contributed by atoms with E-state index in [-0.39, 0.29) is 11.2 Å². The third kappa shape index (κ3) is 3.52. The van der Waals surface area contributed by atoms with Gasteiger partial charge in [-0.2, -0.15) is 0 Å². The van der Waals surface area contributed by atoms with Crippen LogP contribution in [0.4, 0.5) is 5.69 Å². The van der Waals surface area contributed by atoms with E-state index >= 15 is 0 Å². The van der Waals surface area contributed by atoms with Crippen molar-refractivity contribution in [2.45, 2.75) is 38.3 Å². The molecule has 0 heterocycles. The fraction of sp³-hybridized carbons (Fsp3) is 0.571. The molecule has 1 aromatic carbocycles. The lowest BCUT2D eigenvalue weighted by atomic mass is 9.98. The Morgan fingerprint density at radius 1 is 1.42 bits per heavy atom. The Morgan fingerprint density at radius 3 is 2.47 bits per heavy atom. The minimum absolute atomic E-state index is 0.0434. The van der Waals surface area contributed by atoms with Gasteiger partial charge in [-0.15, -0.1) is 0 Å². The number of nitrogens with one attached hydrogen (secondary N) is 1. The van der Waals surface area contributed by atoms with Crippen LogP contribution in [0.3, 0.4) is 0 Å². The Labute approximate surface area is 112 Å². The van der Waals surface area contributed by atoms with Gasteiger partial charge in [-0.1, -0.05) is 0 Å². The number of benzene rings is 1. The first-order valence-electron chi connectivity index (χ1n) is 6.57. The van der Waals surface area contributed by atoms with Crippen molar-refractivity contribution in [2.24, 2.45) is 5.92 Å². The second-order valence-electron chi connectivity index (χ2n) is 5.74. The lowest BCUT2D eigenvalue weighted by Crippen LogP contribution is -2.43. The van der Waals surface area contributed by atoms with Gasteiger partial charge in [0.2, 0.25) is 0 Å². The molecule has 0 spiro atoms. The van der Waals surface area contributed by atoms with Crippen LogP contribution in [0.5, 0.6) is 0 Å². The molecule has 1 unspecified atom stereocenters. The van der Waals surface area contributed by atoms with Gasteiger partial charge in [0.15, 0.2) is 0 Å². The predicted octanol–water partition coefficient (Wildman–Crippen LogP) is 2.41. The summed E-state index contributed by atoms with van der Waals surface area (Å²) in [5.74, 6) is 0.691. The zero-order valence-corrected chi connectivity index (χ0v) is 11.3. The molecule has 0 amide bonds. The zero-order valence-electron chi connectivity index (χ0n) is 11.3. The number of aliphatic hydroxyl groups excluding tert-OH is 1. The average Bonchev–Trinajstić information content (AvgIpc) is 3.20. The van der Waals surface area contributed by atoms with E-state index in [0.717, 1.165) is 0 Å². The normalized spacial score (nSPS) is 17.2. The highest BCUT2D eigenvalue weighted by Gasteiger charge is 2.37. The minimum Gasteiger partial charge on any atom is -0.387 e. The van der Waals surface area contributed by atoms with Crippen molar-refractivity contribution in [3.8, 4) is 0 Å². The summed E-state index contributed by atoms with van der Waals surface area (Å²) in [7, 11) is 0. The van der Waals surface area contributed by atoms with Gasteiger partial charge in [-0.05, 0) is 50.3 Å². The highest BCUT2D eigenvalue weighted by molar-refractivity contribution is 5.33. The molecule has 0 bridgehead atoms. The first-order chi connectivity index (χ1) is 8.90. The summed E-state index contributed by atoms with van der Waals surface area (Å²) >= 11 is 0. The third-order valence-corrected chi connectivity index (χ3v) is 3.84. The number of aliphatic hydroxyl groups is 1. The maximum Gasteiger partial charge on any atom is 0.269 e. The van der Waals surface area contributed by atoms with Gasteiger partial charge >= 0.3 is 0 Å². The van der Waals surface area contributed by atoms with Gasteiger partial charge in [0.05, 0.1) is 11.0 Å². The highest BCUT2D eigenvalue weighted by atomic mass is 16.6. The van der Waals surface area contributed by atoms with Crippen molar-refractivity contribution in [2.75, 3.05) is 6.54 Å². The topological polar surface area (TPSA) is 75.4 Å². The van der Waals surface area contributed by atoms with Gasteiger partial charge in [-0.25, -0.2) is 0 Å². The summed E-state index contributed by atoms with van der Waals surface area (Å²) in [5, 5.41) is 24.0. The molecule has 1 saturated carbocycles. The molecule has 1 atom stereocenters. The summed E-state index contributed by atoms with van der Waals surface area (Å²) in [6.07, 6.45) is 1.85. The molecule has 1 fully saturated rings. The van der Waals surface area contributed by atoms with Gasteiger partial charge < -0.3 is 10.4 Å². The molecule has 19 heavy (non-hydrogen) atoms. The molecule has 5 nitrogen and oxygen atoms in total. The summed E-state index contributed by atoms with van der Waals surface area (Å²) in [4.78, 5) is 10.1. The van der Waals surface area contributed by atoms with E-state index in [4.69, 9.17) is 0 Å². The van der Waals surface area contributed by atoms with Gasteiger partial charge in [0.25, 0.3) is 5.69 Å². The molecule has 1 aromatic rings. The lowest BCUT2D eigenvalue weighted by molar-refractivity contribution is -0.384. The lowest BCUT2D eigenvalue weighted by Gasteiger charge is -2.27. The molecule has 5 heteroatoms. The molecule has 1 aliphatic carbocycles. The third-order valence-electron chi connectivity index (χ3n) is 3.84. The zero-order chi connectivity index (χ0) is 14.0. The van der Waals surface area contributed by atoms with Crippen LogP contribution in [0.25, 0.3) is 0 Å². The van der Waals surface area contributed by atoms with E-state index < -0.39 is 11.0 Å². The van der Waals surface area contributed by atoms with Gasteiger partial charge in [0, 0.05) is 24.2 Å². The van der Waals surface area contributed by atoms with Crippen LogP contribution in [-0.4, -0.2) is 22.1 Å². The van der Waals surface area contributed by atoms with E-state index in [1.807, 2.05) is 0 Å². The smallest absolute Gasteiger partial charge is 0.269 e. The van der Waals surface area contributed by atoms with Gasteiger partial charge in [0.1, 0.15) is 0 Å². The van der Waals surface area contributed by atoms with Crippen molar-refractivity contribution in [3.05, 3.63) is 39.9 Å². The van der Waals surface area contributed by atoms with Crippen molar-refractivity contribution in [1.82, 2.24) is 5.32 Å². The Balaban J connectivity index is 1.92. The highest BCUT2D eigenvalue weighted by Crippen LogP contribution is 2.39. The molecule has 0 radical (unpaired) electrons.